The molecule has 0 unspecified atom stereocenters. The van der Waals surface area contributed by atoms with Gasteiger partial charge in [-0.15, -0.1) is 0 Å². The largest absolute Gasteiger partial charge is 0.494 e. The molecule has 1 aliphatic heterocycles. The monoisotopic (exact) mass is 293 g/mol. The molecule has 1 N–H and O–H groups in total. The number of amides is 2. The normalized spacial score (nSPS) is 17.1. The highest BCUT2D eigenvalue weighted by atomic mass is 32.2. The lowest BCUT2D eigenvalue weighted by Crippen LogP contribution is -2.30. The van der Waals surface area contributed by atoms with Gasteiger partial charge in [-0.05, 0) is 42.5 Å². The van der Waals surface area contributed by atoms with E-state index in [-0.39, 0.29) is 24.3 Å². The van der Waals surface area contributed by atoms with Gasteiger partial charge in [0, 0.05) is 0 Å². The van der Waals surface area contributed by atoms with Gasteiger partial charge in [0.25, 0.3) is 11.1 Å². The number of hydrogen-bond acceptors (Lipinski definition) is 5. The van der Waals surface area contributed by atoms with Crippen molar-refractivity contribution in [3.63, 3.8) is 0 Å². The molecule has 1 aromatic rings. The summed E-state index contributed by atoms with van der Waals surface area (Å²) < 4.78 is 5.34. The van der Waals surface area contributed by atoms with Crippen LogP contribution in [-0.4, -0.2) is 40.9 Å². The number of hydrogen-bond donors (Lipinski definition) is 1. The summed E-state index contributed by atoms with van der Waals surface area (Å²) in [6.07, 6.45) is 1.66. The summed E-state index contributed by atoms with van der Waals surface area (Å²) in [5.74, 6) is 0.404. The Labute approximate surface area is 121 Å². The average molecular weight is 293 g/mol. The molecule has 0 aliphatic carbocycles. The third-order valence-corrected chi connectivity index (χ3v) is 3.59. The van der Waals surface area contributed by atoms with Gasteiger partial charge in [-0.1, -0.05) is 12.1 Å². The molecule has 0 aromatic heterocycles. The van der Waals surface area contributed by atoms with E-state index >= 15 is 0 Å². The molecule has 0 bridgehead atoms. The van der Waals surface area contributed by atoms with Crippen molar-refractivity contribution in [2.45, 2.75) is 6.92 Å². The first-order valence-corrected chi connectivity index (χ1v) is 7.06. The molecule has 2 rings (SSSR count). The highest BCUT2D eigenvalue weighted by Crippen LogP contribution is 2.32. The molecule has 0 radical (unpaired) electrons. The quantitative estimate of drug-likeness (QED) is 0.842. The molecule has 1 heterocycles. The van der Waals surface area contributed by atoms with Crippen LogP contribution in [0.15, 0.2) is 29.2 Å². The van der Waals surface area contributed by atoms with E-state index in [2.05, 4.69) is 0 Å². The number of benzene rings is 1. The molecule has 1 saturated heterocycles. The molecule has 106 valence electrons. The number of rotatable bonds is 5. The maximum absolute atomic E-state index is 12.0. The maximum atomic E-state index is 12.0. The van der Waals surface area contributed by atoms with Crippen LogP contribution in [0.5, 0.6) is 5.75 Å². The van der Waals surface area contributed by atoms with Crippen LogP contribution in [0.3, 0.4) is 0 Å². The number of ether oxygens (including phenoxy) is 1. The predicted octanol–water partition coefficient (Wildman–Crippen LogP) is 2.11. The number of carbonyl (C=O) groups excluding carboxylic acids is 2. The minimum absolute atomic E-state index is 0.0330. The van der Waals surface area contributed by atoms with Crippen molar-refractivity contribution in [2.24, 2.45) is 0 Å². The molecule has 0 spiro atoms. The van der Waals surface area contributed by atoms with Crippen LogP contribution >= 0.6 is 11.8 Å². The molecular formula is C14H15NO4S. The summed E-state index contributed by atoms with van der Waals surface area (Å²) in [5, 5.41) is 8.48. The van der Waals surface area contributed by atoms with Gasteiger partial charge >= 0.3 is 0 Å². The number of thioether (sulfide) groups is 1. The van der Waals surface area contributed by atoms with Crippen LogP contribution in [0.25, 0.3) is 6.08 Å². The van der Waals surface area contributed by atoms with Crippen molar-refractivity contribution in [3.05, 3.63) is 34.7 Å². The summed E-state index contributed by atoms with van der Waals surface area (Å²) in [6.45, 7) is 2.31. The van der Waals surface area contributed by atoms with Crippen molar-refractivity contribution in [3.8, 4) is 5.75 Å². The van der Waals surface area contributed by atoms with Gasteiger partial charge in [-0.2, -0.15) is 0 Å². The van der Waals surface area contributed by atoms with E-state index in [9.17, 15) is 9.59 Å². The van der Waals surface area contributed by atoms with E-state index in [1.807, 2.05) is 31.2 Å². The molecule has 0 atom stereocenters. The SMILES string of the molecule is CCOc1ccc(/C=C2\SC(=O)N(CCO)C2=O)cc1. The van der Waals surface area contributed by atoms with Crippen LogP contribution in [0.2, 0.25) is 0 Å². The van der Waals surface area contributed by atoms with Gasteiger partial charge in [0.05, 0.1) is 24.7 Å². The average Bonchev–Trinajstić information content (AvgIpc) is 2.69. The Kier molecular flexibility index (Phi) is 4.81. The topological polar surface area (TPSA) is 66.8 Å². The van der Waals surface area contributed by atoms with Gasteiger partial charge in [0.2, 0.25) is 0 Å². The van der Waals surface area contributed by atoms with Crippen molar-refractivity contribution >= 4 is 29.0 Å². The van der Waals surface area contributed by atoms with Crippen molar-refractivity contribution < 1.29 is 19.4 Å². The first-order valence-electron chi connectivity index (χ1n) is 6.24. The Morgan fingerprint density at radius 2 is 2.00 bits per heavy atom. The highest BCUT2D eigenvalue weighted by molar-refractivity contribution is 8.18. The Bertz CT molecular complexity index is 539. The fraction of sp³-hybridized carbons (Fsp3) is 0.286. The van der Waals surface area contributed by atoms with E-state index in [0.29, 0.717) is 11.5 Å². The lowest BCUT2D eigenvalue weighted by Gasteiger charge is -2.09. The Morgan fingerprint density at radius 1 is 1.30 bits per heavy atom. The van der Waals surface area contributed by atoms with E-state index in [4.69, 9.17) is 9.84 Å². The van der Waals surface area contributed by atoms with Crippen LogP contribution < -0.4 is 4.74 Å². The lowest BCUT2D eigenvalue weighted by atomic mass is 10.2. The second-order valence-corrected chi connectivity index (χ2v) is 5.05. The van der Waals surface area contributed by atoms with Gasteiger partial charge < -0.3 is 9.84 Å². The number of carbonyl (C=O) groups is 2. The second kappa shape index (κ2) is 6.58. The molecule has 20 heavy (non-hydrogen) atoms. The molecular weight excluding hydrogens is 278 g/mol. The van der Waals surface area contributed by atoms with E-state index in [1.165, 1.54) is 0 Å². The molecule has 1 fully saturated rings. The smallest absolute Gasteiger partial charge is 0.293 e. The van der Waals surface area contributed by atoms with Crippen molar-refractivity contribution in [1.82, 2.24) is 4.90 Å². The number of aliphatic hydroxyl groups is 1. The Balaban J connectivity index is 2.15. The molecule has 1 aliphatic rings. The minimum atomic E-state index is -0.358. The zero-order valence-electron chi connectivity index (χ0n) is 11.0. The fourth-order valence-electron chi connectivity index (χ4n) is 1.77. The number of aliphatic hydroxyl groups excluding tert-OH is 1. The molecule has 1 aromatic carbocycles. The third-order valence-electron chi connectivity index (χ3n) is 2.69. The van der Waals surface area contributed by atoms with E-state index in [0.717, 1.165) is 28.0 Å². The van der Waals surface area contributed by atoms with E-state index < -0.39 is 0 Å². The Hall–Kier alpha value is -1.79. The molecule has 0 saturated carbocycles. The van der Waals surface area contributed by atoms with Gasteiger partial charge in [-0.3, -0.25) is 14.5 Å². The van der Waals surface area contributed by atoms with Crippen molar-refractivity contribution in [2.75, 3.05) is 19.8 Å². The number of nitrogens with zero attached hydrogens (tertiary/aromatic N) is 1. The first-order chi connectivity index (χ1) is 9.65. The molecule has 6 heteroatoms. The zero-order chi connectivity index (χ0) is 14.5. The summed E-state index contributed by atoms with van der Waals surface area (Å²) in [4.78, 5) is 25.0. The minimum Gasteiger partial charge on any atom is -0.494 e. The fourth-order valence-corrected chi connectivity index (χ4v) is 2.64. The summed E-state index contributed by atoms with van der Waals surface area (Å²) in [7, 11) is 0. The van der Waals surface area contributed by atoms with Gasteiger partial charge in [-0.25, -0.2) is 0 Å². The zero-order valence-corrected chi connectivity index (χ0v) is 11.9. The molecule has 2 amide bonds. The van der Waals surface area contributed by atoms with Crippen LogP contribution in [0.1, 0.15) is 12.5 Å². The lowest BCUT2D eigenvalue weighted by molar-refractivity contribution is -0.123. The summed E-state index contributed by atoms with van der Waals surface area (Å²) in [6, 6.07) is 7.27. The molecule has 5 nitrogen and oxygen atoms in total. The highest BCUT2D eigenvalue weighted by Gasteiger charge is 2.34. The van der Waals surface area contributed by atoms with Crippen LogP contribution in [0, 0.1) is 0 Å². The number of β-amino-alcohol motifs (C(OH)–C–C–N with tert-alkyl or cyclic N) is 1. The Morgan fingerprint density at radius 3 is 2.60 bits per heavy atom. The maximum Gasteiger partial charge on any atom is 0.293 e. The van der Waals surface area contributed by atoms with Gasteiger partial charge in [0.15, 0.2) is 0 Å². The van der Waals surface area contributed by atoms with Gasteiger partial charge in [0.1, 0.15) is 5.75 Å². The van der Waals surface area contributed by atoms with Crippen molar-refractivity contribution in [1.29, 1.82) is 0 Å². The second-order valence-electron chi connectivity index (χ2n) is 4.06. The third kappa shape index (κ3) is 3.20. The van der Waals surface area contributed by atoms with E-state index in [1.54, 1.807) is 6.08 Å². The first kappa shape index (κ1) is 14.6. The van der Waals surface area contributed by atoms with Crippen LogP contribution in [-0.2, 0) is 4.79 Å². The predicted molar refractivity (Wildman–Crippen MR) is 77.4 cm³/mol. The summed E-state index contributed by atoms with van der Waals surface area (Å²) >= 11 is 0.887. The number of imide groups is 1. The van der Waals surface area contributed by atoms with Crippen LogP contribution in [0.4, 0.5) is 4.79 Å². The standard InChI is InChI=1S/C14H15NO4S/c1-2-19-11-5-3-10(4-6-11)9-12-13(17)15(7-8-16)14(18)20-12/h3-6,9,16H,2,7-8H2,1H3/b12-9-. The summed E-state index contributed by atoms with van der Waals surface area (Å²) in [5.41, 5.74) is 0.822.